The topological polar surface area (TPSA) is 120 Å². The highest BCUT2D eigenvalue weighted by atomic mass is 32.1. The molecule has 174 valence electrons. The minimum atomic E-state index is -0.609. The number of nitrogens with zero attached hydrogens (tertiary/aromatic N) is 4. The summed E-state index contributed by atoms with van der Waals surface area (Å²) in [5.41, 5.74) is 2.03. The number of halogens is 2. The Balaban J connectivity index is 1.75. The molecule has 0 aliphatic heterocycles. The van der Waals surface area contributed by atoms with Crippen molar-refractivity contribution in [3.05, 3.63) is 74.5 Å². The molecule has 0 radical (unpaired) electrons. The molecule has 6 nitrogen and oxygen atoms in total. The van der Waals surface area contributed by atoms with Crippen molar-refractivity contribution in [3.8, 4) is 21.9 Å². The Labute approximate surface area is 222 Å². The van der Waals surface area contributed by atoms with Gasteiger partial charge in [-0.05, 0) is 56.0 Å². The van der Waals surface area contributed by atoms with Crippen LogP contribution in [-0.4, -0.2) is 22.8 Å². The number of fused-ring (bicyclic) bond motifs is 3. The number of hydrogen-bond donors (Lipinski definition) is 4. The van der Waals surface area contributed by atoms with Crippen molar-refractivity contribution < 1.29 is 8.78 Å². The first-order valence-electron chi connectivity index (χ1n) is 9.96. The third-order valence-corrected chi connectivity index (χ3v) is 8.48. The highest BCUT2D eigenvalue weighted by Gasteiger charge is 2.35. The lowest BCUT2D eigenvalue weighted by Crippen LogP contribution is -2.15. The molecule has 2 aromatic rings. The predicted octanol–water partition coefficient (Wildman–Crippen LogP) is 6.75. The summed E-state index contributed by atoms with van der Waals surface area (Å²) in [4.78, 5) is 2.43. The van der Waals surface area contributed by atoms with Gasteiger partial charge in [-0.15, -0.1) is 22.7 Å². The molecule has 0 saturated carbocycles. The molecule has 0 atom stereocenters. The van der Waals surface area contributed by atoms with E-state index in [0.717, 1.165) is 6.08 Å². The quantitative estimate of drug-likeness (QED) is 0.161. The lowest BCUT2D eigenvalue weighted by molar-refractivity contribution is 0.668. The van der Waals surface area contributed by atoms with E-state index in [-0.39, 0.29) is 34.0 Å². The molecule has 5 rings (SSSR count). The number of nitrogens with one attached hydrogen (secondary N) is 2. The zero-order valence-corrected chi connectivity index (χ0v) is 21.1. The normalized spacial score (nSPS) is 18.8. The third-order valence-electron chi connectivity index (χ3n) is 5.60. The van der Waals surface area contributed by atoms with Crippen LogP contribution in [0, 0.1) is 33.5 Å². The van der Waals surface area contributed by atoms with E-state index in [1.54, 1.807) is 12.1 Å². The number of nitriles is 2. The molecule has 0 spiro atoms. The highest BCUT2D eigenvalue weighted by Crippen LogP contribution is 2.55. The molecular formula is C24H10F2N6S4. The molecule has 36 heavy (non-hydrogen) atoms. The molecule has 2 aromatic heterocycles. The standard InChI is InChI=1S/C24H10F2N6S4/c25-10-3-11(21(31-33)16(30)4-10)17-5-12-19(9(7-27)8-28)13-6-18(36-24(13)23(12)35-17)20-14(26)1-2-15(29)22(20)32-34/h1-6,29-30,33-34H/b29-15?,30-16?,31-21-,32-22+. The Morgan fingerprint density at radius 2 is 1.47 bits per heavy atom. The zero-order valence-electron chi connectivity index (χ0n) is 17.7. The van der Waals surface area contributed by atoms with Crippen molar-refractivity contribution in [2.75, 3.05) is 0 Å². The van der Waals surface area contributed by atoms with Gasteiger partial charge in [0.15, 0.2) is 0 Å². The average Bonchev–Trinajstić information content (AvgIpc) is 3.53. The molecule has 3 aliphatic carbocycles. The van der Waals surface area contributed by atoms with E-state index in [4.69, 9.17) is 10.8 Å². The van der Waals surface area contributed by atoms with Crippen LogP contribution in [0.2, 0.25) is 0 Å². The fraction of sp³-hybridized carbons (Fsp3) is 0. The predicted molar refractivity (Wildman–Crippen MR) is 148 cm³/mol. The fourth-order valence-corrected chi connectivity index (χ4v) is 7.07. The Morgan fingerprint density at radius 3 is 2.08 bits per heavy atom. The maximum atomic E-state index is 14.9. The van der Waals surface area contributed by atoms with Gasteiger partial charge in [0.25, 0.3) is 0 Å². The molecule has 0 aromatic carbocycles. The summed E-state index contributed by atoms with van der Waals surface area (Å²) in [6, 6.07) is 7.26. The minimum absolute atomic E-state index is 0.0000931. The van der Waals surface area contributed by atoms with Crippen molar-refractivity contribution in [2.45, 2.75) is 0 Å². The monoisotopic (exact) mass is 548 g/mol. The van der Waals surface area contributed by atoms with Crippen LogP contribution in [0.15, 0.2) is 62.5 Å². The Bertz CT molecular complexity index is 1710. The molecule has 3 aliphatic rings. The van der Waals surface area contributed by atoms with Crippen LogP contribution in [-0.2, 0) is 0 Å². The van der Waals surface area contributed by atoms with Crippen molar-refractivity contribution in [1.29, 1.82) is 21.3 Å². The van der Waals surface area contributed by atoms with E-state index < -0.39 is 11.7 Å². The van der Waals surface area contributed by atoms with Gasteiger partial charge in [0, 0.05) is 38.1 Å². The van der Waals surface area contributed by atoms with E-state index in [9.17, 15) is 19.3 Å². The van der Waals surface area contributed by atoms with Crippen LogP contribution in [0.3, 0.4) is 0 Å². The molecule has 2 heterocycles. The van der Waals surface area contributed by atoms with Gasteiger partial charge in [-0.2, -0.15) is 10.5 Å². The summed E-state index contributed by atoms with van der Waals surface area (Å²) >= 11 is 10.4. The van der Waals surface area contributed by atoms with Crippen LogP contribution in [0.1, 0.15) is 20.9 Å². The zero-order chi connectivity index (χ0) is 25.7. The number of allylic oxidation sites excluding steroid dienone is 9. The Hall–Kier alpha value is -3.68. The molecule has 12 heteroatoms. The van der Waals surface area contributed by atoms with Crippen LogP contribution in [0.5, 0.6) is 0 Å². The van der Waals surface area contributed by atoms with E-state index in [1.165, 1.54) is 40.9 Å². The maximum absolute atomic E-state index is 14.9. The largest absolute Gasteiger partial charge is 0.299 e. The Kier molecular flexibility index (Phi) is 6.06. The van der Waals surface area contributed by atoms with Gasteiger partial charge in [0.1, 0.15) is 40.8 Å². The van der Waals surface area contributed by atoms with Gasteiger partial charge < -0.3 is 0 Å². The molecular weight excluding hydrogens is 539 g/mol. The maximum Gasteiger partial charge on any atom is 0.138 e. The molecule has 0 amide bonds. The summed E-state index contributed by atoms with van der Waals surface area (Å²) in [7, 11) is 0. The van der Waals surface area contributed by atoms with Crippen molar-refractivity contribution >= 4 is 87.9 Å². The smallest absolute Gasteiger partial charge is 0.138 e. The first-order chi connectivity index (χ1) is 17.3. The van der Waals surface area contributed by atoms with Crippen molar-refractivity contribution in [2.24, 2.45) is 8.80 Å². The molecule has 0 bridgehead atoms. The van der Waals surface area contributed by atoms with E-state index in [2.05, 4.69) is 34.4 Å². The minimum Gasteiger partial charge on any atom is -0.299 e. The third kappa shape index (κ3) is 3.58. The van der Waals surface area contributed by atoms with Crippen molar-refractivity contribution in [1.82, 2.24) is 0 Å². The van der Waals surface area contributed by atoms with Gasteiger partial charge >= 0.3 is 0 Å². The molecule has 0 saturated heterocycles. The first-order valence-corrected chi connectivity index (χ1v) is 12.4. The van der Waals surface area contributed by atoms with Crippen LogP contribution < -0.4 is 0 Å². The highest BCUT2D eigenvalue weighted by molar-refractivity contribution is 7.79. The molecule has 2 N–H and O–H groups in total. The Morgan fingerprint density at radius 1 is 0.861 bits per heavy atom. The van der Waals surface area contributed by atoms with Crippen LogP contribution in [0.25, 0.3) is 26.5 Å². The van der Waals surface area contributed by atoms with Gasteiger partial charge in [0.2, 0.25) is 0 Å². The van der Waals surface area contributed by atoms with Gasteiger partial charge in [-0.1, -0.05) is 0 Å². The number of thiophene rings is 2. The van der Waals surface area contributed by atoms with Crippen LogP contribution >= 0.6 is 48.3 Å². The molecule has 0 fully saturated rings. The number of hydrogen-bond acceptors (Lipinski definition) is 10. The van der Waals surface area contributed by atoms with E-state index in [0.29, 0.717) is 41.8 Å². The summed E-state index contributed by atoms with van der Waals surface area (Å²) in [6.45, 7) is 0. The summed E-state index contributed by atoms with van der Waals surface area (Å²) in [6.07, 6.45) is 4.76. The summed E-state index contributed by atoms with van der Waals surface area (Å²) in [5.74, 6) is -1.19. The van der Waals surface area contributed by atoms with Gasteiger partial charge in [-0.3, -0.25) is 10.8 Å². The number of thiol groups is 2. The van der Waals surface area contributed by atoms with Gasteiger partial charge in [0.05, 0.1) is 26.8 Å². The average molecular weight is 549 g/mol. The lowest BCUT2D eigenvalue weighted by Gasteiger charge is -2.12. The van der Waals surface area contributed by atoms with Crippen molar-refractivity contribution in [3.63, 3.8) is 0 Å². The van der Waals surface area contributed by atoms with Crippen LogP contribution in [0.4, 0.5) is 8.78 Å². The first kappa shape index (κ1) is 24.0. The molecule has 0 unspecified atom stereocenters. The fourth-order valence-electron chi connectivity index (χ4n) is 4.10. The summed E-state index contributed by atoms with van der Waals surface area (Å²) < 4.78 is 36.7. The van der Waals surface area contributed by atoms with E-state index >= 15 is 0 Å². The second-order valence-electron chi connectivity index (χ2n) is 7.55. The van der Waals surface area contributed by atoms with Gasteiger partial charge in [-0.25, -0.2) is 17.6 Å². The SMILES string of the molecule is N#CC(C#N)=C1c2cc(C3=CC(F)=CC(=N)/C3=N\S)sc2-c2sc(C3=C(F)C=CC(=N)/C3=N\S)cc21. The van der Waals surface area contributed by atoms with E-state index in [1.807, 2.05) is 12.1 Å². The lowest BCUT2D eigenvalue weighted by atomic mass is 9.95. The number of rotatable bonds is 2. The second kappa shape index (κ2) is 9.08. The summed E-state index contributed by atoms with van der Waals surface area (Å²) in [5, 5.41) is 35.5. The second-order valence-corrected chi connectivity index (χ2v) is 10.1.